The number of rotatable bonds is 5. The number of hydrogen-bond donors (Lipinski definition) is 0. The fourth-order valence-corrected chi connectivity index (χ4v) is 6.82. The van der Waals surface area contributed by atoms with E-state index in [1.54, 1.807) is 5.51 Å². The van der Waals surface area contributed by atoms with Gasteiger partial charge in [-0.1, -0.05) is 32.9 Å². The average molecular weight is 471 g/mol. The summed E-state index contributed by atoms with van der Waals surface area (Å²) in [6.45, 7) is 13.5. The van der Waals surface area contributed by atoms with Gasteiger partial charge >= 0.3 is 0 Å². The molecule has 8 heteroatoms. The Bertz CT molecular complexity index is 1150. The van der Waals surface area contributed by atoms with Crippen molar-refractivity contribution >= 4 is 47.4 Å². The summed E-state index contributed by atoms with van der Waals surface area (Å²) in [5.74, 6) is -1.39. The second kappa shape index (κ2) is 6.82. The molecule has 0 saturated carbocycles. The number of benzene rings is 1. The quantitative estimate of drug-likeness (QED) is 0.353. The molecule has 3 aliphatic rings. The van der Waals surface area contributed by atoms with Crippen LogP contribution in [0.3, 0.4) is 0 Å². The number of fused-ring (bicyclic) bond motifs is 6. The molecule has 2 fully saturated rings. The van der Waals surface area contributed by atoms with Gasteiger partial charge in [0.1, 0.15) is 5.60 Å². The molecule has 6 nitrogen and oxygen atoms in total. The largest absolute Gasteiger partial charge is 0.417 e. The molecule has 2 amide bonds. The highest BCUT2D eigenvalue weighted by molar-refractivity contribution is 7.16. The lowest BCUT2D eigenvalue weighted by Gasteiger charge is -2.37. The number of thiazole rings is 1. The highest BCUT2D eigenvalue weighted by Gasteiger charge is 2.71. The molecule has 0 aliphatic carbocycles. The molecule has 32 heavy (non-hydrogen) atoms. The van der Waals surface area contributed by atoms with E-state index in [9.17, 15) is 9.59 Å². The van der Waals surface area contributed by atoms with Crippen molar-refractivity contribution in [2.75, 3.05) is 11.5 Å². The summed E-state index contributed by atoms with van der Waals surface area (Å²) < 4.78 is 13.8. The van der Waals surface area contributed by atoms with Gasteiger partial charge < -0.3 is 9.16 Å². The number of carbonyl (C=O) groups excluding carboxylic acids is 2. The van der Waals surface area contributed by atoms with Crippen LogP contribution in [0.2, 0.25) is 18.1 Å². The maximum absolute atomic E-state index is 13.7. The van der Waals surface area contributed by atoms with Crippen molar-refractivity contribution in [3.05, 3.63) is 35.9 Å². The van der Waals surface area contributed by atoms with Crippen molar-refractivity contribution in [3.8, 4) is 0 Å². The first-order valence-electron chi connectivity index (χ1n) is 11.1. The Kier molecular flexibility index (Phi) is 4.68. The van der Waals surface area contributed by atoms with Crippen molar-refractivity contribution in [3.63, 3.8) is 0 Å². The molecule has 170 valence electrons. The Labute approximate surface area is 193 Å². The van der Waals surface area contributed by atoms with Crippen LogP contribution in [0, 0.1) is 11.8 Å². The van der Waals surface area contributed by atoms with Gasteiger partial charge in [-0.3, -0.25) is 9.59 Å². The summed E-state index contributed by atoms with van der Waals surface area (Å²) >= 11 is 1.50. The fourth-order valence-electron chi connectivity index (χ4n) is 5.07. The molecular weight excluding hydrogens is 440 g/mol. The summed E-state index contributed by atoms with van der Waals surface area (Å²) in [5.41, 5.74) is 1.69. The van der Waals surface area contributed by atoms with E-state index < -0.39 is 31.4 Å². The van der Waals surface area contributed by atoms with E-state index in [0.29, 0.717) is 18.7 Å². The average Bonchev–Trinajstić information content (AvgIpc) is 3.41. The predicted molar refractivity (Wildman–Crippen MR) is 128 cm³/mol. The van der Waals surface area contributed by atoms with Crippen LogP contribution in [-0.4, -0.2) is 42.9 Å². The first-order valence-corrected chi connectivity index (χ1v) is 14.9. The van der Waals surface area contributed by atoms with Gasteiger partial charge in [-0.2, -0.15) is 0 Å². The Hall–Kier alpha value is -1.87. The van der Waals surface area contributed by atoms with Crippen LogP contribution in [0.15, 0.2) is 35.9 Å². The molecule has 2 bridgehead atoms. The van der Waals surface area contributed by atoms with Gasteiger partial charge in [0.2, 0.25) is 11.8 Å². The maximum atomic E-state index is 13.7. The summed E-state index contributed by atoms with van der Waals surface area (Å²) in [4.78, 5) is 32.9. The molecule has 5 rings (SSSR count). The molecule has 0 spiro atoms. The Morgan fingerprint density at radius 2 is 1.91 bits per heavy atom. The molecule has 1 unspecified atom stereocenters. The van der Waals surface area contributed by atoms with E-state index >= 15 is 0 Å². The van der Waals surface area contributed by atoms with E-state index in [0.717, 1.165) is 10.2 Å². The summed E-state index contributed by atoms with van der Waals surface area (Å²) in [6, 6.07) is 5.56. The Morgan fingerprint density at radius 1 is 1.19 bits per heavy atom. The van der Waals surface area contributed by atoms with Crippen LogP contribution in [0.4, 0.5) is 5.69 Å². The molecule has 0 N–H and O–H groups in total. The number of ether oxygens (including phenoxy) is 1. The smallest absolute Gasteiger partial charge is 0.241 e. The molecule has 3 aliphatic heterocycles. The third-order valence-corrected chi connectivity index (χ3v) is 13.2. The first kappa shape index (κ1) is 21.9. The van der Waals surface area contributed by atoms with Crippen LogP contribution in [0.25, 0.3) is 10.2 Å². The van der Waals surface area contributed by atoms with E-state index in [1.165, 1.54) is 16.2 Å². The van der Waals surface area contributed by atoms with Crippen molar-refractivity contribution in [1.29, 1.82) is 0 Å². The SMILES string of the molecule is CC(C)(C)[Si](C)(C)OCC[C@@]12C=C[C@](C)(O1)C1C(=O)N(c3ccc4ncsc4c3)C(=O)[C@H]12. The van der Waals surface area contributed by atoms with Crippen LogP contribution < -0.4 is 4.90 Å². The lowest BCUT2D eigenvalue weighted by atomic mass is 9.71. The zero-order chi connectivity index (χ0) is 23.1. The zero-order valence-corrected chi connectivity index (χ0v) is 21.3. The Morgan fingerprint density at radius 3 is 2.62 bits per heavy atom. The molecule has 1 aromatic heterocycles. The van der Waals surface area contributed by atoms with Gasteiger partial charge in [0.15, 0.2) is 8.32 Å². The molecule has 2 saturated heterocycles. The highest BCUT2D eigenvalue weighted by atomic mass is 32.1. The summed E-state index contributed by atoms with van der Waals surface area (Å²) in [6.07, 6.45) is 4.54. The van der Waals surface area contributed by atoms with Crippen LogP contribution in [0.5, 0.6) is 0 Å². The maximum Gasteiger partial charge on any atom is 0.241 e. The number of hydrogen-bond acceptors (Lipinski definition) is 6. The molecule has 4 atom stereocenters. The van der Waals surface area contributed by atoms with Crippen molar-refractivity contribution in [2.24, 2.45) is 11.8 Å². The normalized spacial score (nSPS) is 31.9. The van der Waals surface area contributed by atoms with Crippen molar-refractivity contribution in [1.82, 2.24) is 4.98 Å². The standard InChI is InChI=1S/C24H30N2O4SSi/c1-22(2,3)32(5,6)29-12-11-24-10-9-23(4,30-24)18-19(24)21(28)26(20(18)27)15-7-8-16-17(13-15)31-14-25-16/h7-10,13-14,18-19H,11-12H2,1-6H3/t18?,19-,23-,24+/m0/s1. The third-order valence-electron chi connectivity index (χ3n) is 7.89. The van der Waals surface area contributed by atoms with Crippen LogP contribution in [0.1, 0.15) is 34.1 Å². The number of nitrogens with zero attached hydrogens (tertiary/aromatic N) is 2. The van der Waals surface area contributed by atoms with E-state index in [-0.39, 0.29) is 16.9 Å². The number of carbonyl (C=O) groups is 2. The van der Waals surface area contributed by atoms with Crippen molar-refractivity contribution in [2.45, 2.75) is 63.5 Å². The number of amides is 2. The minimum atomic E-state index is -1.92. The molecular formula is C24H30N2O4SSi. The van der Waals surface area contributed by atoms with Crippen LogP contribution in [-0.2, 0) is 18.8 Å². The Balaban J connectivity index is 1.43. The predicted octanol–water partition coefficient (Wildman–Crippen LogP) is 4.91. The van der Waals surface area contributed by atoms with Gasteiger partial charge in [0, 0.05) is 13.0 Å². The number of imide groups is 1. The topological polar surface area (TPSA) is 68.7 Å². The zero-order valence-electron chi connectivity index (χ0n) is 19.5. The van der Waals surface area contributed by atoms with E-state index in [2.05, 4.69) is 38.8 Å². The van der Waals surface area contributed by atoms with Crippen LogP contribution >= 0.6 is 11.3 Å². The van der Waals surface area contributed by atoms with E-state index in [4.69, 9.17) is 9.16 Å². The summed E-state index contributed by atoms with van der Waals surface area (Å²) in [7, 11) is -1.92. The monoisotopic (exact) mass is 470 g/mol. The molecule has 2 aromatic rings. The van der Waals surface area contributed by atoms with Gasteiger partial charge in [-0.05, 0) is 43.3 Å². The minimum absolute atomic E-state index is 0.106. The third kappa shape index (κ3) is 3.00. The van der Waals surface area contributed by atoms with Gasteiger partial charge in [-0.15, -0.1) is 11.3 Å². The first-order chi connectivity index (χ1) is 14.9. The highest BCUT2D eigenvalue weighted by Crippen LogP contribution is 2.59. The van der Waals surface area contributed by atoms with Gasteiger partial charge in [-0.25, -0.2) is 9.88 Å². The van der Waals surface area contributed by atoms with Gasteiger partial charge in [0.25, 0.3) is 0 Å². The number of aromatic nitrogens is 1. The fraction of sp³-hybridized carbons (Fsp3) is 0.542. The van der Waals surface area contributed by atoms with Gasteiger partial charge in [0.05, 0.1) is 38.9 Å². The second-order valence-electron chi connectivity index (χ2n) is 10.9. The molecule has 0 radical (unpaired) electrons. The lowest BCUT2D eigenvalue weighted by molar-refractivity contribution is -0.129. The number of anilines is 1. The van der Waals surface area contributed by atoms with E-state index in [1.807, 2.05) is 37.3 Å². The van der Waals surface area contributed by atoms with Crippen molar-refractivity contribution < 1.29 is 18.8 Å². The second-order valence-corrected chi connectivity index (χ2v) is 16.6. The minimum Gasteiger partial charge on any atom is -0.417 e. The molecule has 1 aromatic carbocycles. The lowest BCUT2D eigenvalue weighted by Crippen LogP contribution is -2.44. The molecule has 4 heterocycles. The summed E-state index contributed by atoms with van der Waals surface area (Å²) in [5, 5.41) is 0.106.